The second-order valence-corrected chi connectivity index (χ2v) is 10.5. The summed E-state index contributed by atoms with van der Waals surface area (Å²) in [6.45, 7) is 3.06. The van der Waals surface area contributed by atoms with Gasteiger partial charge in [0.05, 0.1) is 5.69 Å². The minimum absolute atomic E-state index is 0.146. The molecule has 0 saturated heterocycles. The third-order valence-corrected chi connectivity index (χ3v) is 8.49. The summed E-state index contributed by atoms with van der Waals surface area (Å²) >= 11 is 3.30. The molecule has 166 valence electrons. The Morgan fingerprint density at radius 2 is 1.58 bits per heavy atom. The van der Waals surface area contributed by atoms with Crippen molar-refractivity contribution in [2.45, 2.75) is 35.3 Å². The van der Waals surface area contributed by atoms with Gasteiger partial charge in [0.15, 0.2) is 5.17 Å². The van der Waals surface area contributed by atoms with Crippen LogP contribution in [0.2, 0.25) is 0 Å². The van der Waals surface area contributed by atoms with Crippen LogP contribution in [0.5, 0.6) is 0 Å². The zero-order valence-electron chi connectivity index (χ0n) is 18.3. The Bertz CT molecular complexity index is 1230. The molecule has 33 heavy (non-hydrogen) atoms. The summed E-state index contributed by atoms with van der Waals surface area (Å²) in [6, 6.07) is 28.0. The van der Waals surface area contributed by atoms with Crippen LogP contribution < -0.4 is 4.90 Å². The fraction of sp³-hybridized carbons (Fsp3) is 0.192. The van der Waals surface area contributed by atoms with Crippen molar-refractivity contribution in [3.05, 3.63) is 96.1 Å². The normalized spacial score (nSPS) is 21.5. The summed E-state index contributed by atoms with van der Waals surface area (Å²) in [6.07, 6.45) is 0.677. The Morgan fingerprint density at radius 1 is 0.939 bits per heavy atom. The van der Waals surface area contributed by atoms with Crippen molar-refractivity contribution in [2.24, 2.45) is 5.10 Å². The molecule has 0 saturated carbocycles. The lowest BCUT2D eigenvalue weighted by atomic mass is 9.96. The molecule has 0 unspecified atom stereocenters. The number of hydrazone groups is 1. The lowest BCUT2D eigenvalue weighted by molar-refractivity contribution is -0.132. The lowest BCUT2D eigenvalue weighted by Gasteiger charge is -2.42. The highest BCUT2D eigenvalue weighted by atomic mass is 32.2. The fourth-order valence-corrected chi connectivity index (χ4v) is 7.56. The molecular formula is C26H23N3O2S2. The number of hydrogen-bond donors (Lipinski definition) is 0. The monoisotopic (exact) mass is 473 g/mol. The van der Waals surface area contributed by atoms with Crippen molar-refractivity contribution in [3.63, 3.8) is 0 Å². The summed E-state index contributed by atoms with van der Waals surface area (Å²) in [5.41, 5.74) is 2.99. The number of carbonyl (C=O) groups excluding carboxylic acids is 2. The first-order chi connectivity index (χ1) is 16.0. The van der Waals surface area contributed by atoms with Crippen molar-refractivity contribution in [1.82, 2.24) is 5.01 Å². The average Bonchev–Trinajstić information content (AvgIpc) is 3.19. The number of carbonyl (C=O) groups is 2. The van der Waals surface area contributed by atoms with Crippen LogP contribution in [0.15, 0.2) is 94.9 Å². The van der Waals surface area contributed by atoms with Crippen LogP contribution in [0.3, 0.4) is 0 Å². The van der Waals surface area contributed by atoms with E-state index in [0.717, 1.165) is 16.1 Å². The van der Waals surface area contributed by atoms with Gasteiger partial charge in [-0.15, -0.1) is 16.9 Å². The number of amidine groups is 1. The molecule has 3 aromatic rings. The van der Waals surface area contributed by atoms with Crippen LogP contribution in [0.4, 0.5) is 5.69 Å². The van der Waals surface area contributed by atoms with E-state index < -0.39 is 4.87 Å². The number of anilines is 1. The number of thioether (sulfide) groups is 2. The first-order valence-electron chi connectivity index (χ1n) is 10.7. The molecule has 7 heteroatoms. The standard InChI is InChI=1S/C26H23N3O2S2/c1-18(30)28(21-13-7-4-8-14-21)25-27-29(19(2)31)26(33-25)17-24(20-11-5-3-6-12-20)32-23-16-10-9-15-22(23)26/h3-16,24H,17H2,1-2H3/t24-,26+/m0/s1. The highest BCUT2D eigenvalue weighted by molar-refractivity contribution is 8.15. The summed E-state index contributed by atoms with van der Waals surface area (Å²) in [5.74, 6) is -0.298. The lowest BCUT2D eigenvalue weighted by Crippen LogP contribution is -2.43. The molecule has 1 spiro atoms. The van der Waals surface area contributed by atoms with E-state index >= 15 is 0 Å². The van der Waals surface area contributed by atoms with Crippen molar-refractivity contribution >= 4 is 46.2 Å². The van der Waals surface area contributed by atoms with E-state index in [9.17, 15) is 9.59 Å². The second kappa shape index (κ2) is 8.72. The number of amides is 2. The molecule has 5 nitrogen and oxygen atoms in total. The topological polar surface area (TPSA) is 53.0 Å². The van der Waals surface area contributed by atoms with Gasteiger partial charge in [-0.3, -0.25) is 14.5 Å². The number of rotatable bonds is 2. The Balaban J connectivity index is 1.63. The van der Waals surface area contributed by atoms with E-state index in [1.165, 1.54) is 31.2 Å². The summed E-state index contributed by atoms with van der Waals surface area (Å²) < 4.78 is 0. The van der Waals surface area contributed by atoms with E-state index in [4.69, 9.17) is 5.10 Å². The van der Waals surface area contributed by atoms with E-state index in [1.54, 1.807) is 9.91 Å². The molecule has 0 fully saturated rings. The van der Waals surface area contributed by atoms with Gasteiger partial charge < -0.3 is 0 Å². The van der Waals surface area contributed by atoms with Crippen LogP contribution in [0.1, 0.15) is 36.6 Å². The Kier molecular flexibility index (Phi) is 5.76. The molecule has 2 atom stereocenters. The average molecular weight is 474 g/mol. The third kappa shape index (κ3) is 3.85. The van der Waals surface area contributed by atoms with Gasteiger partial charge in [0, 0.05) is 36.0 Å². The van der Waals surface area contributed by atoms with Crippen molar-refractivity contribution in [1.29, 1.82) is 0 Å². The van der Waals surface area contributed by atoms with E-state index in [1.807, 2.05) is 72.4 Å². The zero-order chi connectivity index (χ0) is 23.0. The highest BCUT2D eigenvalue weighted by Crippen LogP contribution is 2.60. The summed E-state index contributed by atoms with van der Waals surface area (Å²) in [4.78, 5) is 27.7. The minimum Gasteiger partial charge on any atom is -0.274 e. The maximum atomic E-state index is 12.9. The highest BCUT2D eigenvalue weighted by Gasteiger charge is 2.53. The van der Waals surface area contributed by atoms with Crippen LogP contribution >= 0.6 is 23.5 Å². The predicted octanol–water partition coefficient (Wildman–Crippen LogP) is 6.00. The Morgan fingerprint density at radius 3 is 2.24 bits per heavy atom. The molecule has 2 aliphatic rings. The summed E-state index contributed by atoms with van der Waals surface area (Å²) in [7, 11) is 0. The van der Waals surface area contributed by atoms with Crippen molar-refractivity contribution < 1.29 is 9.59 Å². The van der Waals surface area contributed by atoms with Crippen molar-refractivity contribution in [2.75, 3.05) is 4.90 Å². The van der Waals surface area contributed by atoms with Gasteiger partial charge in [-0.1, -0.05) is 78.5 Å². The minimum atomic E-state index is -0.730. The van der Waals surface area contributed by atoms with Crippen LogP contribution in [0.25, 0.3) is 0 Å². The smallest absolute Gasteiger partial charge is 0.241 e. The Labute approximate surface area is 201 Å². The SMILES string of the molecule is CC(=O)N(C1=NN(C(C)=O)[C@]2(C[C@@H](c3ccccc3)Sc3ccccc32)S1)c1ccccc1. The largest absolute Gasteiger partial charge is 0.274 e. The molecule has 0 aliphatic carbocycles. The zero-order valence-corrected chi connectivity index (χ0v) is 20.0. The molecule has 2 aliphatic heterocycles. The van der Waals surface area contributed by atoms with E-state index in [-0.39, 0.29) is 17.1 Å². The number of nitrogens with zero attached hydrogens (tertiary/aromatic N) is 3. The predicted molar refractivity (Wildman–Crippen MR) is 135 cm³/mol. The van der Waals surface area contributed by atoms with Crippen LogP contribution in [-0.4, -0.2) is 22.0 Å². The molecule has 2 amide bonds. The van der Waals surface area contributed by atoms with Crippen molar-refractivity contribution in [3.8, 4) is 0 Å². The molecule has 0 bridgehead atoms. The second-order valence-electron chi connectivity index (χ2n) is 8.01. The van der Waals surface area contributed by atoms with Gasteiger partial charge in [-0.2, -0.15) is 0 Å². The number of para-hydroxylation sites is 1. The van der Waals surface area contributed by atoms with Crippen LogP contribution in [-0.2, 0) is 14.5 Å². The van der Waals surface area contributed by atoms with E-state index in [2.05, 4.69) is 24.3 Å². The molecule has 3 aromatic carbocycles. The molecule has 0 radical (unpaired) electrons. The van der Waals surface area contributed by atoms with Gasteiger partial charge in [-0.25, -0.2) is 5.01 Å². The number of benzene rings is 3. The van der Waals surface area contributed by atoms with Gasteiger partial charge in [0.1, 0.15) is 4.87 Å². The number of fused-ring (bicyclic) bond motifs is 2. The molecular weight excluding hydrogens is 450 g/mol. The summed E-state index contributed by atoms with van der Waals surface area (Å²) in [5, 5.41) is 6.99. The molecule has 0 N–H and O–H groups in total. The van der Waals surface area contributed by atoms with Gasteiger partial charge in [0.25, 0.3) is 0 Å². The van der Waals surface area contributed by atoms with E-state index in [0.29, 0.717) is 11.6 Å². The Hall–Kier alpha value is -3.03. The van der Waals surface area contributed by atoms with Crippen LogP contribution in [0, 0.1) is 0 Å². The quantitative estimate of drug-likeness (QED) is 0.458. The molecule has 2 heterocycles. The first-order valence-corrected chi connectivity index (χ1v) is 12.4. The van der Waals surface area contributed by atoms with Gasteiger partial charge in [0.2, 0.25) is 11.8 Å². The maximum absolute atomic E-state index is 12.9. The third-order valence-electron chi connectivity index (χ3n) is 5.82. The fourth-order valence-electron chi connectivity index (χ4n) is 4.40. The van der Waals surface area contributed by atoms with Gasteiger partial charge in [-0.05, 0) is 23.8 Å². The van der Waals surface area contributed by atoms with Gasteiger partial charge >= 0.3 is 0 Å². The molecule has 0 aromatic heterocycles. The first kappa shape index (κ1) is 21.8. The molecule has 5 rings (SSSR count). The number of hydrogen-bond acceptors (Lipinski definition) is 5. The maximum Gasteiger partial charge on any atom is 0.241 e.